The van der Waals surface area contributed by atoms with Gasteiger partial charge in [-0.1, -0.05) is 89.9 Å². The maximum absolute atomic E-state index is 12.1. The standard InChI is InChI=1S/C27H41O8P.C2H4OS.2Na.5H2/c1-3-5-7-9-10-11-12-13-14-15-16-18-20-22-27(29)35-25(24-34-36(30,31)32)23-33-26(28)21-19-17-8-6-4-2;1-2(3)4;;;;;;;/h25H,3,5,7,9-16,18,20,22-24H2,1-2H3,(H2,30,31,32);1H3,(H,3,4);;;5*1H/q;;2*+1;;;;;/p-2/t25-;;;;;;;;/m1......../s1. The third-order valence-electron chi connectivity index (χ3n) is 5.08. The maximum atomic E-state index is 12.1. The van der Waals surface area contributed by atoms with Crippen LogP contribution in [0.4, 0.5) is 0 Å². The van der Waals surface area contributed by atoms with Gasteiger partial charge in [0, 0.05) is 26.4 Å². The van der Waals surface area contributed by atoms with E-state index in [-0.39, 0.29) is 77.8 Å². The summed E-state index contributed by atoms with van der Waals surface area (Å²) in [5, 5.41) is -0.139. The Hall–Kier alpha value is -0.250. The zero-order valence-electron chi connectivity index (χ0n) is 26.0. The molecule has 0 saturated heterocycles. The van der Waals surface area contributed by atoms with Crippen molar-refractivity contribution in [2.45, 2.75) is 117 Å². The van der Waals surface area contributed by atoms with E-state index in [1.54, 1.807) is 6.92 Å². The van der Waals surface area contributed by atoms with Gasteiger partial charge in [0.05, 0.1) is 14.4 Å². The number of ether oxygens (including phenoxy) is 2. The molecule has 0 spiro atoms. The molecule has 0 aliphatic heterocycles. The fourth-order valence-electron chi connectivity index (χ4n) is 3.23. The van der Waals surface area contributed by atoms with Crippen molar-refractivity contribution in [1.29, 1.82) is 0 Å². The average Bonchev–Trinajstić information content (AvgIpc) is 2.87. The number of carbonyl (C=O) groups excluding carboxylic acids is 3. The summed E-state index contributed by atoms with van der Waals surface area (Å²) < 4.78 is 24.9. The van der Waals surface area contributed by atoms with E-state index in [1.807, 2.05) is 0 Å². The van der Waals surface area contributed by atoms with Gasteiger partial charge in [-0.05, 0) is 37.0 Å². The van der Waals surface area contributed by atoms with Gasteiger partial charge in [-0.2, -0.15) is 0 Å². The first-order valence-corrected chi connectivity index (χ1v) is 15.6. The first-order valence-electron chi connectivity index (χ1n) is 13.7. The van der Waals surface area contributed by atoms with Crippen LogP contribution in [0.1, 0.15) is 118 Å². The molecule has 42 heavy (non-hydrogen) atoms. The number of thiol groups is 1. The van der Waals surface area contributed by atoms with Crippen molar-refractivity contribution >= 4 is 37.5 Å². The number of phosphoric acid groups is 1. The Bertz CT molecular complexity index is 972. The van der Waals surface area contributed by atoms with Crippen LogP contribution in [0.15, 0.2) is 0 Å². The predicted molar refractivity (Wildman–Crippen MR) is 164 cm³/mol. The molecule has 0 saturated carbocycles. The number of hydrogen-bond acceptors (Lipinski definition) is 9. The van der Waals surface area contributed by atoms with Gasteiger partial charge in [0.2, 0.25) is 0 Å². The second-order valence-electron chi connectivity index (χ2n) is 8.84. The van der Waals surface area contributed by atoms with Crippen LogP contribution in [-0.2, 0) is 32.9 Å². The van der Waals surface area contributed by atoms with E-state index in [0.717, 1.165) is 19.3 Å². The van der Waals surface area contributed by atoms with Crippen molar-refractivity contribution in [3.8, 4) is 35.5 Å². The number of carbonyl (C=O) groups is 3. The van der Waals surface area contributed by atoms with E-state index in [9.17, 15) is 28.7 Å². The zero-order valence-corrected chi connectivity index (χ0v) is 31.7. The second kappa shape index (κ2) is 35.2. The number of unbranched alkanes of at least 4 members (excludes halogenated alkanes) is 12. The Morgan fingerprint density at radius 2 is 1.26 bits per heavy atom. The minimum atomic E-state index is -5.28. The van der Waals surface area contributed by atoms with Crippen molar-refractivity contribution in [3.63, 3.8) is 0 Å². The molecule has 0 unspecified atom stereocenters. The maximum Gasteiger partial charge on any atom is 1.00 e. The van der Waals surface area contributed by atoms with E-state index in [2.05, 4.69) is 59.6 Å². The van der Waals surface area contributed by atoms with Crippen LogP contribution >= 0.6 is 20.5 Å². The predicted octanol–water partition coefficient (Wildman–Crippen LogP) is -0.501. The Labute approximate surface area is 309 Å². The first kappa shape index (κ1) is 48.6. The number of esters is 2. The smallest absolute Gasteiger partial charge is 0.790 e. The Morgan fingerprint density at radius 1 is 0.810 bits per heavy atom. The Kier molecular flexibility index (Phi) is 40.8. The van der Waals surface area contributed by atoms with Gasteiger partial charge < -0.3 is 28.3 Å². The molecule has 0 N–H and O–H groups in total. The minimum absolute atomic E-state index is 0. The van der Waals surface area contributed by atoms with Gasteiger partial charge in [0.1, 0.15) is 6.61 Å². The molecule has 0 aromatic carbocycles. The van der Waals surface area contributed by atoms with Crippen molar-refractivity contribution in [1.82, 2.24) is 0 Å². The van der Waals surface area contributed by atoms with Crippen LogP contribution in [0.2, 0.25) is 0 Å². The second-order valence-corrected chi connectivity index (χ2v) is 10.6. The van der Waals surface area contributed by atoms with Crippen LogP contribution in [0.5, 0.6) is 0 Å². The fraction of sp³-hybridized carbons (Fsp3) is 0.690. The van der Waals surface area contributed by atoms with Crippen LogP contribution in [0.25, 0.3) is 0 Å². The molecule has 0 aliphatic rings. The summed E-state index contributed by atoms with van der Waals surface area (Å²) in [5.41, 5.74) is 0. The normalized spacial score (nSPS) is 10.1. The van der Waals surface area contributed by atoms with Gasteiger partial charge in [-0.15, -0.1) is 12.6 Å². The molecule has 0 aromatic rings. The van der Waals surface area contributed by atoms with Crippen molar-refractivity contribution in [2.24, 2.45) is 0 Å². The molecule has 0 aromatic heterocycles. The molecule has 0 heterocycles. The summed E-state index contributed by atoms with van der Waals surface area (Å²) in [6.07, 6.45) is 14.1. The quantitative estimate of drug-likeness (QED) is 0.0350. The number of rotatable bonds is 20. The first-order chi connectivity index (χ1) is 19.0. The molecular weight excluding hydrogens is 601 g/mol. The van der Waals surface area contributed by atoms with Crippen molar-refractivity contribution < 1.29 is 109 Å². The van der Waals surface area contributed by atoms with Crippen LogP contribution < -0.4 is 68.9 Å². The van der Waals surface area contributed by atoms with E-state index >= 15 is 0 Å². The third kappa shape index (κ3) is 44.2. The molecule has 0 amide bonds. The summed E-state index contributed by atoms with van der Waals surface area (Å²) in [6, 6.07) is 0. The number of hydrogen-bond donors (Lipinski definition) is 1. The Morgan fingerprint density at radius 3 is 1.71 bits per heavy atom. The van der Waals surface area contributed by atoms with Gasteiger partial charge in [-0.3, -0.25) is 9.59 Å². The SMILES string of the molecule is CC#CC#CC#CC(=O)OC[C@H](COP(=O)([O-])[O-])OC(=O)CCCCCCCCCCCCCCC.CC(=O)S.[HH].[HH].[HH].[HH].[HH].[Na+].[Na+]. The molecule has 9 nitrogen and oxygen atoms in total. The summed E-state index contributed by atoms with van der Waals surface area (Å²) in [6.45, 7) is 3.95. The molecule has 0 aliphatic carbocycles. The minimum Gasteiger partial charge on any atom is -0.790 e. The van der Waals surface area contributed by atoms with E-state index in [4.69, 9.17) is 9.47 Å². The van der Waals surface area contributed by atoms with Crippen LogP contribution in [0, 0.1) is 35.5 Å². The molecule has 0 rings (SSSR count). The van der Waals surface area contributed by atoms with Gasteiger partial charge >= 0.3 is 71.1 Å². The summed E-state index contributed by atoms with van der Waals surface area (Å²) in [7, 11) is -5.28. The third-order valence-corrected chi connectivity index (χ3v) is 5.54. The fourth-order valence-corrected chi connectivity index (χ4v) is 3.58. The van der Waals surface area contributed by atoms with Gasteiger partial charge in [-0.25, -0.2) is 4.79 Å². The molecule has 0 fully saturated rings. The van der Waals surface area contributed by atoms with Gasteiger partial charge in [0.25, 0.3) is 0 Å². The Balaban J connectivity index is -0.000000177. The summed E-state index contributed by atoms with van der Waals surface area (Å²) in [5.74, 6) is 12.5. The molecule has 1 atom stereocenters. The zero-order chi connectivity index (χ0) is 30.5. The summed E-state index contributed by atoms with van der Waals surface area (Å²) in [4.78, 5) is 54.5. The molecule has 0 radical (unpaired) electrons. The summed E-state index contributed by atoms with van der Waals surface area (Å²) >= 11 is 3.33. The van der Waals surface area contributed by atoms with E-state index in [0.29, 0.717) is 6.42 Å². The van der Waals surface area contributed by atoms with Crippen LogP contribution in [-0.4, -0.2) is 36.4 Å². The number of phosphoric ester groups is 1. The monoisotopic (exact) mass is 654 g/mol. The molecule has 236 valence electrons. The topological polar surface area (TPSA) is 142 Å². The molecular formula is C29H53Na2O9PS. The van der Waals surface area contributed by atoms with Crippen molar-refractivity contribution in [3.05, 3.63) is 0 Å². The van der Waals surface area contributed by atoms with E-state index < -0.39 is 39.1 Å². The largest absolute Gasteiger partial charge is 1.00 e. The average molecular weight is 655 g/mol. The van der Waals surface area contributed by atoms with Crippen molar-refractivity contribution in [2.75, 3.05) is 13.2 Å². The van der Waals surface area contributed by atoms with Crippen LogP contribution in [0.3, 0.4) is 0 Å². The van der Waals surface area contributed by atoms with E-state index in [1.165, 1.54) is 64.7 Å². The molecule has 13 heteroatoms. The van der Waals surface area contributed by atoms with Gasteiger partial charge in [0.15, 0.2) is 11.2 Å². The molecule has 0 bridgehead atoms.